The van der Waals surface area contributed by atoms with E-state index in [1.807, 2.05) is 0 Å². The number of halogens is 3. The molecule has 0 spiro atoms. The summed E-state index contributed by atoms with van der Waals surface area (Å²) in [5.74, 6) is -1.63. The molecular formula is C15H11Cl3N2O2. The normalized spacial score (nSPS) is 10.2. The monoisotopic (exact) mass is 356 g/mol. The predicted octanol–water partition coefficient (Wildman–Crippen LogP) is 4.53. The van der Waals surface area contributed by atoms with Gasteiger partial charge < -0.3 is 10.6 Å². The van der Waals surface area contributed by atoms with E-state index in [1.54, 1.807) is 25.1 Å². The van der Waals surface area contributed by atoms with E-state index in [1.165, 1.54) is 18.2 Å². The lowest BCUT2D eigenvalue weighted by Crippen LogP contribution is -2.29. The molecule has 0 saturated carbocycles. The lowest BCUT2D eigenvalue weighted by molar-refractivity contribution is -0.133. The molecule has 0 saturated heterocycles. The molecule has 0 aromatic heterocycles. The molecule has 0 atom stereocenters. The Kier molecular flexibility index (Phi) is 5.29. The second-order valence-electron chi connectivity index (χ2n) is 4.53. The number of hydrogen-bond acceptors (Lipinski definition) is 2. The number of rotatable bonds is 2. The van der Waals surface area contributed by atoms with Gasteiger partial charge in [0.05, 0.1) is 0 Å². The minimum absolute atomic E-state index is 0.338. The van der Waals surface area contributed by atoms with Crippen LogP contribution in [-0.4, -0.2) is 11.8 Å². The smallest absolute Gasteiger partial charge is 0.314 e. The van der Waals surface area contributed by atoms with Gasteiger partial charge in [-0.15, -0.1) is 0 Å². The van der Waals surface area contributed by atoms with Gasteiger partial charge in [-0.25, -0.2) is 0 Å². The van der Waals surface area contributed by atoms with Gasteiger partial charge in [-0.05, 0) is 48.9 Å². The molecule has 0 aliphatic carbocycles. The van der Waals surface area contributed by atoms with Crippen molar-refractivity contribution in [3.05, 3.63) is 57.0 Å². The van der Waals surface area contributed by atoms with E-state index in [2.05, 4.69) is 10.6 Å². The lowest BCUT2D eigenvalue weighted by atomic mass is 10.2. The third-order valence-electron chi connectivity index (χ3n) is 2.76. The van der Waals surface area contributed by atoms with Crippen molar-refractivity contribution in [3.8, 4) is 0 Å². The Hall–Kier alpha value is -1.75. The average Bonchev–Trinajstić information content (AvgIpc) is 2.40. The van der Waals surface area contributed by atoms with Crippen molar-refractivity contribution in [3.63, 3.8) is 0 Å². The molecule has 2 rings (SSSR count). The Morgan fingerprint density at radius 3 is 2.00 bits per heavy atom. The van der Waals surface area contributed by atoms with Gasteiger partial charge in [0, 0.05) is 26.4 Å². The van der Waals surface area contributed by atoms with Crippen LogP contribution in [0.3, 0.4) is 0 Å². The third kappa shape index (κ3) is 4.37. The van der Waals surface area contributed by atoms with Gasteiger partial charge in [0.25, 0.3) is 0 Å². The van der Waals surface area contributed by atoms with Gasteiger partial charge in [0.15, 0.2) is 0 Å². The highest BCUT2D eigenvalue weighted by molar-refractivity contribution is 6.44. The van der Waals surface area contributed by atoms with E-state index in [0.717, 1.165) is 5.56 Å². The largest absolute Gasteiger partial charge is 0.318 e. The van der Waals surface area contributed by atoms with Crippen molar-refractivity contribution in [2.75, 3.05) is 10.6 Å². The quantitative estimate of drug-likeness (QED) is 0.776. The van der Waals surface area contributed by atoms with Crippen molar-refractivity contribution in [2.45, 2.75) is 6.92 Å². The van der Waals surface area contributed by atoms with Crippen LogP contribution in [0.1, 0.15) is 5.56 Å². The molecule has 4 nitrogen and oxygen atoms in total. The molecule has 0 aliphatic rings. The van der Waals surface area contributed by atoms with Crippen molar-refractivity contribution in [1.29, 1.82) is 0 Å². The predicted molar refractivity (Wildman–Crippen MR) is 89.9 cm³/mol. The molecule has 114 valence electrons. The Bertz CT molecular complexity index is 727. The van der Waals surface area contributed by atoms with E-state index in [0.29, 0.717) is 26.4 Å². The first-order valence-corrected chi connectivity index (χ1v) is 7.33. The molecule has 0 fully saturated rings. The van der Waals surface area contributed by atoms with E-state index in [4.69, 9.17) is 34.8 Å². The third-order valence-corrected chi connectivity index (χ3v) is 3.43. The summed E-state index contributed by atoms with van der Waals surface area (Å²) < 4.78 is 0. The van der Waals surface area contributed by atoms with Crippen LogP contribution in [0.5, 0.6) is 0 Å². The number of aryl methyl sites for hydroxylation is 1. The minimum Gasteiger partial charge on any atom is -0.318 e. The number of anilines is 2. The number of amides is 2. The van der Waals surface area contributed by atoms with Gasteiger partial charge >= 0.3 is 11.8 Å². The Balaban J connectivity index is 2.07. The van der Waals surface area contributed by atoms with E-state index < -0.39 is 11.8 Å². The van der Waals surface area contributed by atoms with Crippen molar-refractivity contribution in [1.82, 2.24) is 0 Å². The Labute approximate surface area is 142 Å². The summed E-state index contributed by atoms with van der Waals surface area (Å²) in [6, 6.07) is 9.44. The average molecular weight is 358 g/mol. The van der Waals surface area contributed by atoms with E-state index >= 15 is 0 Å². The zero-order chi connectivity index (χ0) is 16.3. The van der Waals surface area contributed by atoms with Gasteiger partial charge in [0.1, 0.15) is 0 Å². The highest BCUT2D eigenvalue weighted by Gasteiger charge is 2.15. The zero-order valence-corrected chi connectivity index (χ0v) is 13.7. The molecule has 2 aromatic rings. The fraction of sp³-hybridized carbons (Fsp3) is 0.0667. The van der Waals surface area contributed by atoms with Gasteiger partial charge in [-0.2, -0.15) is 0 Å². The van der Waals surface area contributed by atoms with Gasteiger partial charge in [0.2, 0.25) is 0 Å². The summed E-state index contributed by atoms with van der Waals surface area (Å²) in [6.07, 6.45) is 0. The maximum Gasteiger partial charge on any atom is 0.314 e. The molecule has 22 heavy (non-hydrogen) atoms. The van der Waals surface area contributed by atoms with Crippen molar-refractivity contribution < 1.29 is 9.59 Å². The molecule has 0 bridgehead atoms. The summed E-state index contributed by atoms with van der Waals surface area (Å²) in [6.45, 7) is 1.77. The highest BCUT2D eigenvalue weighted by atomic mass is 35.5. The molecule has 0 radical (unpaired) electrons. The second kappa shape index (κ2) is 7.01. The maximum absolute atomic E-state index is 11.9. The molecule has 2 amide bonds. The zero-order valence-electron chi connectivity index (χ0n) is 11.4. The number of carbonyl (C=O) groups excluding carboxylic acids is 2. The van der Waals surface area contributed by atoms with Crippen LogP contribution < -0.4 is 10.6 Å². The first kappa shape index (κ1) is 16.6. The number of hydrogen-bond donors (Lipinski definition) is 2. The van der Waals surface area contributed by atoms with Crippen LogP contribution in [0, 0.1) is 6.92 Å². The second-order valence-corrected chi connectivity index (χ2v) is 5.83. The van der Waals surface area contributed by atoms with E-state index in [-0.39, 0.29) is 0 Å². The molecule has 0 aliphatic heterocycles. The minimum atomic E-state index is -0.826. The number of benzene rings is 2. The molecule has 0 heterocycles. The first-order chi connectivity index (χ1) is 10.3. The summed E-state index contributed by atoms with van der Waals surface area (Å²) >= 11 is 17.5. The number of carbonyl (C=O) groups is 2. The fourth-order valence-corrected chi connectivity index (χ4v) is 2.51. The highest BCUT2D eigenvalue weighted by Crippen LogP contribution is 2.23. The Morgan fingerprint density at radius 1 is 0.818 bits per heavy atom. The standard InChI is InChI=1S/C15H11Cl3N2O2/c1-8-4-9(16)2-3-13(8)20-15(22)14(21)19-12-6-10(17)5-11(18)7-12/h2-7H,1H3,(H,19,21)(H,20,22). The van der Waals surface area contributed by atoms with Crippen LogP contribution in [0.4, 0.5) is 11.4 Å². The molecule has 2 aromatic carbocycles. The molecular weight excluding hydrogens is 347 g/mol. The summed E-state index contributed by atoms with van der Waals surface area (Å²) in [5, 5.41) is 6.21. The van der Waals surface area contributed by atoms with Crippen LogP contribution in [-0.2, 0) is 9.59 Å². The fourth-order valence-electron chi connectivity index (χ4n) is 1.76. The Morgan fingerprint density at radius 2 is 1.41 bits per heavy atom. The molecule has 0 unspecified atom stereocenters. The summed E-state index contributed by atoms with van der Waals surface area (Å²) in [5.41, 5.74) is 1.60. The SMILES string of the molecule is Cc1cc(Cl)ccc1NC(=O)C(=O)Nc1cc(Cl)cc(Cl)c1. The van der Waals surface area contributed by atoms with E-state index in [9.17, 15) is 9.59 Å². The van der Waals surface area contributed by atoms with Crippen molar-refractivity contribution in [2.24, 2.45) is 0 Å². The van der Waals surface area contributed by atoms with Gasteiger partial charge in [-0.1, -0.05) is 34.8 Å². The summed E-state index contributed by atoms with van der Waals surface area (Å²) in [4.78, 5) is 23.8. The van der Waals surface area contributed by atoms with Gasteiger partial charge in [-0.3, -0.25) is 9.59 Å². The van der Waals surface area contributed by atoms with Crippen molar-refractivity contribution >= 4 is 58.0 Å². The van der Waals surface area contributed by atoms with Crippen LogP contribution >= 0.6 is 34.8 Å². The van der Waals surface area contributed by atoms with Crippen LogP contribution in [0.2, 0.25) is 15.1 Å². The molecule has 2 N–H and O–H groups in total. The maximum atomic E-state index is 11.9. The molecule has 7 heteroatoms. The first-order valence-electron chi connectivity index (χ1n) is 6.20. The summed E-state index contributed by atoms with van der Waals surface area (Å²) in [7, 11) is 0. The van der Waals surface area contributed by atoms with Crippen LogP contribution in [0.15, 0.2) is 36.4 Å². The number of nitrogens with one attached hydrogen (secondary N) is 2. The van der Waals surface area contributed by atoms with Crippen LogP contribution in [0.25, 0.3) is 0 Å². The lowest BCUT2D eigenvalue weighted by Gasteiger charge is -2.09. The topological polar surface area (TPSA) is 58.2 Å².